The van der Waals surface area contributed by atoms with Crippen LogP contribution in [-0.2, 0) is 0 Å². The van der Waals surface area contributed by atoms with Crippen LogP contribution in [0.25, 0.3) is 0 Å². The van der Waals surface area contributed by atoms with Gasteiger partial charge in [-0.25, -0.2) is 8.78 Å². The van der Waals surface area contributed by atoms with E-state index in [1.165, 1.54) is 37.8 Å². The number of benzene rings is 2. The highest BCUT2D eigenvalue weighted by Crippen LogP contribution is 2.48. The lowest BCUT2D eigenvalue weighted by molar-refractivity contribution is 0.132. The smallest absolute Gasteiger partial charge is 0.142 e. The van der Waals surface area contributed by atoms with E-state index in [0.717, 1.165) is 30.2 Å². The molecule has 34 heavy (non-hydrogen) atoms. The lowest BCUT2D eigenvalue weighted by atomic mass is 9.64. The van der Waals surface area contributed by atoms with Crippen molar-refractivity contribution in [2.24, 2.45) is 17.8 Å². The molecule has 4 rings (SSSR count). The minimum Gasteiger partial charge on any atom is -0.489 e. The molecule has 0 aliphatic heterocycles. The number of hydrogen-bond acceptors (Lipinski definition) is 1. The molecule has 0 spiro atoms. The average Bonchev–Trinajstić information content (AvgIpc) is 2.84. The Labute approximate surface area is 202 Å². The van der Waals surface area contributed by atoms with E-state index >= 15 is 4.39 Å². The first kappa shape index (κ1) is 24.3. The average molecular weight is 461 g/mol. The molecule has 0 radical (unpaired) electrons. The molecule has 0 heterocycles. The third-order valence-corrected chi connectivity index (χ3v) is 7.42. The summed E-state index contributed by atoms with van der Waals surface area (Å²) in [6.45, 7) is 4.40. The second-order valence-corrected chi connectivity index (χ2v) is 9.64. The molecule has 2 aromatic rings. The third kappa shape index (κ3) is 5.98. The summed E-state index contributed by atoms with van der Waals surface area (Å²) in [4.78, 5) is 0. The number of hydrogen-bond donors (Lipinski definition) is 0. The Morgan fingerprint density at radius 3 is 2.47 bits per heavy atom. The van der Waals surface area contributed by atoms with Gasteiger partial charge in [-0.1, -0.05) is 42.2 Å². The largest absolute Gasteiger partial charge is 0.489 e. The second kappa shape index (κ2) is 11.5. The van der Waals surface area contributed by atoms with Crippen molar-refractivity contribution in [3.63, 3.8) is 0 Å². The molecule has 2 aliphatic carbocycles. The monoisotopic (exact) mass is 460 g/mol. The summed E-state index contributed by atoms with van der Waals surface area (Å²) in [6, 6.07) is 9.89. The summed E-state index contributed by atoms with van der Waals surface area (Å²) in [6.07, 6.45) is 15.4. The Bertz CT molecular complexity index is 1100. The molecule has 2 aromatic carbocycles. The minimum absolute atomic E-state index is 0.189. The van der Waals surface area contributed by atoms with Crippen molar-refractivity contribution in [3.8, 4) is 17.6 Å². The first-order chi connectivity index (χ1) is 16.6. The van der Waals surface area contributed by atoms with E-state index in [-0.39, 0.29) is 17.3 Å². The maximum absolute atomic E-state index is 15.1. The molecule has 0 N–H and O–H groups in total. The maximum atomic E-state index is 15.1. The van der Waals surface area contributed by atoms with E-state index < -0.39 is 5.82 Å². The van der Waals surface area contributed by atoms with Gasteiger partial charge in [-0.15, -0.1) is 0 Å². The third-order valence-electron chi connectivity index (χ3n) is 7.42. The first-order valence-electron chi connectivity index (χ1n) is 12.5. The van der Waals surface area contributed by atoms with Gasteiger partial charge in [0.2, 0.25) is 0 Å². The minimum atomic E-state index is -0.441. The van der Waals surface area contributed by atoms with E-state index in [9.17, 15) is 4.39 Å². The van der Waals surface area contributed by atoms with Crippen molar-refractivity contribution in [1.82, 2.24) is 0 Å². The van der Waals surface area contributed by atoms with Crippen molar-refractivity contribution in [3.05, 3.63) is 89.0 Å². The number of fused-ring (bicyclic) bond motifs is 1. The van der Waals surface area contributed by atoms with Gasteiger partial charge in [0.15, 0.2) is 0 Å². The van der Waals surface area contributed by atoms with Gasteiger partial charge >= 0.3 is 0 Å². The van der Waals surface area contributed by atoms with Gasteiger partial charge in [0.1, 0.15) is 24.0 Å². The van der Waals surface area contributed by atoms with Gasteiger partial charge in [-0.05, 0) is 106 Å². The van der Waals surface area contributed by atoms with Crippen LogP contribution in [0.3, 0.4) is 0 Å². The lowest BCUT2D eigenvalue weighted by Gasteiger charge is -2.41. The topological polar surface area (TPSA) is 9.23 Å². The molecule has 2 saturated carbocycles. The Hall–Kier alpha value is -2.86. The zero-order chi connectivity index (χ0) is 23.9. The van der Waals surface area contributed by atoms with Crippen LogP contribution >= 0.6 is 0 Å². The number of halogens is 2. The summed E-state index contributed by atoms with van der Waals surface area (Å²) in [5.41, 5.74) is 1.65. The highest BCUT2D eigenvalue weighted by molar-refractivity contribution is 5.46. The number of allylic oxidation sites excluding steroid dienone is 3. The van der Waals surface area contributed by atoms with Crippen LogP contribution in [0.15, 0.2) is 60.7 Å². The molecule has 0 aromatic heterocycles. The Morgan fingerprint density at radius 2 is 1.71 bits per heavy atom. The molecule has 0 bridgehead atoms. The Balaban J connectivity index is 1.40. The maximum Gasteiger partial charge on any atom is 0.142 e. The van der Waals surface area contributed by atoms with Crippen molar-refractivity contribution in [2.75, 3.05) is 6.61 Å². The SMILES string of the molecule is C/C=C/COc1ccc(C#Cc2ccc(C3CCC4CC(/C=C/C)CCC4C3)c(F)c2)c(F)c1. The van der Waals surface area contributed by atoms with E-state index in [0.29, 0.717) is 23.8 Å². The molecule has 4 unspecified atom stereocenters. The highest BCUT2D eigenvalue weighted by atomic mass is 19.1. The van der Waals surface area contributed by atoms with Crippen LogP contribution < -0.4 is 4.74 Å². The molecule has 0 amide bonds. The van der Waals surface area contributed by atoms with Crippen molar-refractivity contribution < 1.29 is 13.5 Å². The van der Waals surface area contributed by atoms with E-state index in [2.05, 4.69) is 30.9 Å². The van der Waals surface area contributed by atoms with Crippen molar-refractivity contribution in [2.45, 2.75) is 58.3 Å². The van der Waals surface area contributed by atoms with Gasteiger partial charge in [-0.2, -0.15) is 0 Å². The van der Waals surface area contributed by atoms with Gasteiger partial charge in [-0.3, -0.25) is 0 Å². The van der Waals surface area contributed by atoms with Crippen LogP contribution in [0.1, 0.15) is 75.0 Å². The normalized spacial score (nSPS) is 24.6. The zero-order valence-corrected chi connectivity index (χ0v) is 20.2. The number of rotatable bonds is 5. The summed E-state index contributed by atoms with van der Waals surface area (Å²) >= 11 is 0. The van der Waals surface area contributed by atoms with Crippen LogP contribution in [0.2, 0.25) is 0 Å². The number of ether oxygens (including phenoxy) is 1. The Kier molecular flexibility index (Phi) is 8.22. The molecule has 2 fully saturated rings. The molecule has 3 heteroatoms. The van der Waals surface area contributed by atoms with Crippen LogP contribution in [-0.4, -0.2) is 6.61 Å². The van der Waals surface area contributed by atoms with Crippen molar-refractivity contribution in [1.29, 1.82) is 0 Å². The molecule has 0 saturated heterocycles. The van der Waals surface area contributed by atoms with Crippen molar-refractivity contribution >= 4 is 0 Å². The summed E-state index contributed by atoms with van der Waals surface area (Å²) in [5, 5.41) is 0. The fraction of sp³-hybridized carbons (Fsp3) is 0.419. The van der Waals surface area contributed by atoms with Crippen LogP contribution in [0, 0.1) is 41.2 Å². The lowest BCUT2D eigenvalue weighted by Crippen LogP contribution is -2.30. The highest BCUT2D eigenvalue weighted by Gasteiger charge is 2.36. The molecule has 178 valence electrons. The standard InChI is InChI=1S/C31H34F2O/c1-3-5-17-34-28-15-14-24(30(32)21-28)10-7-23-9-16-29(31(33)19-23)27-13-12-25-18-22(6-4-2)8-11-26(25)20-27/h3-6,9,14-16,19,21-22,25-27H,8,11-13,17-18,20H2,1-2H3/b5-3+,6-4+. The first-order valence-corrected chi connectivity index (χ1v) is 12.5. The molecular formula is C31H34F2O. The predicted molar refractivity (Wildman–Crippen MR) is 135 cm³/mol. The van der Waals surface area contributed by atoms with E-state index in [1.807, 2.05) is 31.2 Å². The molecule has 4 atom stereocenters. The fourth-order valence-corrected chi connectivity index (χ4v) is 5.66. The van der Waals surface area contributed by atoms with Crippen LogP contribution in [0.5, 0.6) is 5.75 Å². The quantitative estimate of drug-likeness (QED) is 0.323. The molecule has 2 aliphatic rings. The van der Waals surface area contributed by atoms with Crippen LogP contribution in [0.4, 0.5) is 8.78 Å². The van der Waals surface area contributed by atoms with E-state index in [1.54, 1.807) is 12.1 Å². The zero-order valence-electron chi connectivity index (χ0n) is 20.2. The van der Waals surface area contributed by atoms with Gasteiger partial charge < -0.3 is 4.74 Å². The summed E-state index contributed by atoms with van der Waals surface area (Å²) in [5.74, 6) is 8.10. The molecule has 1 nitrogen and oxygen atoms in total. The fourth-order valence-electron chi connectivity index (χ4n) is 5.66. The van der Waals surface area contributed by atoms with Gasteiger partial charge in [0.25, 0.3) is 0 Å². The van der Waals surface area contributed by atoms with Gasteiger partial charge in [0, 0.05) is 11.6 Å². The van der Waals surface area contributed by atoms with Gasteiger partial charge in [0.05, 0.1) is 5.56 Å². The second-order valence-electron chi connectivity index (χ2n) is 9.64. The van der Waals surface area contributed by atoms with E-state index in [4.69, 9.17) is 4.74 Å². The summed E-state index contributed by atoms with van der Waals surface area (Å²) < 4.78 is 34.9. The Morgan fingerprint density at radius 1 is 0.882 bits per heavy atom. The summed E-state index contributed by atoms with van der Waals surface area (Å²) in [7, 11) is 0. The molecular weight excluding hydrogens is 426 g/mol. The predicted octanol–water partition coefficient (Wildman–Crippen LogP) is 8.20.